The molecule has 0 spiro atoms. The number of hydrogen-bond donors (Lipinski definition) is 2. The maximum atomic E-state index is 5.98. The van der Waals surface area contributed by atoms with Crippen LogP contribution in [0.15, 0.2) is 30.7 Å². The van der Waals surface area contributed by atoms with Gasteiger partial charge < -0.3 is 11.1 Å². The van der Waals surface area contributed by atoms with E-state index < -0.39 is 0 Å². The van der Waals surface area contributed by atoms with E-state index in [-0.39, 0.29) is 6.04 Å². The summed E-state index contributed by atoms with van der Waals surface area (Å²) in [6.07, 6.45) is 5.45. The van der Waals surface area contributed by atoms with Crippen molar-refractivity contribution in [1.82, 2.24) is 15.3 Å². The van der Waals surface area contributed by atoms with Crippen LogP contribution >= 0.6 is 0 Å². The van der Waals surface area contributed by atoms with Crippen molar-refractivity contribution in [2.45, 2.75) is 19.9 Å². The van der Waals surface area contributed by atoms with Crippen LogP contribution in [0.1, 0.15) is 28.3 Å². The number of anilines is 1. The molecule has 2 rings (SSSR count). The summed E-state index contributed by atoms with van der Waals surface area (Å²) in [5.74, 6) is 0.559. The van der Waals surface area contributed by atoms with Crippen molar-refractivity contribution in [3.63, 3.8) is 0 Å². The van der Waals surface area contributed by atoms with Crippen LogP contribution < -0.4 is 11.1 Å². The first-order valence-electron chi connectivity index (χ1n) is 5.93. The number of aromatic nitrogens is 2. The van der Waals surface area contributed by atoms with Gasteiger partial charge in [-0.25, -0.2) is 4.98 Å². The third kappa shape index (κ3) is 2.33. The molecule has 3 N–H and O–H groups in total. The average Bonchev–Trinajstić information content (AvgIpc) is 2.36. The molecule has 18 heavy (non-hydrogen) atoms. The van der Waals surface area contributed by atoms with Crippen molar-refractivity contribution in [1.29, 1.82) is 0 Å². The largest absolute Gasteiger partial charge is 0.383 e. The van der Waals surface area contributed by atoms with E-state index in [1.54, 1.807) is 12.4 Å². The number of hydrogen-bond acceptors (Lipinski definition) is 4. The average molecular weight is 242 g/mol. The zero-order valence-corrected chi connectivity index (χ0v) is 10.9. The van der Waals surface area contributed by atoms with Crippen LogP contribution in [-0.2, 0) is 0 Å². The van der Waals surface area contributed by atoms with Crippen LogP contribution in [-0.4, -0.2) is 17.0 Å². The molecule has 94 valence electrons. The monoisotopic (exact) mass is 242 g/mol. The van der Waals surface area contributed by atoms with E-state index in [2.05, 4.69) is 28.3 Å². The number of rotatable bonds is 3. The van der Waals surface area contributed by atoms with Crippen LogP contribution in [0.4, 0.5) is 5.82 Å². The third-order valence-corrected chi connectivity index (χ3v) is 3.08. The summed E-state index contributed by atoms with van der Waals surface area (Å²) in [4.78, 5) is 8.41. The van der Waals surface area contributed by atoms with Gasteiger partial charge >= 0.3 is 0 Å². The van der Waals surface area contributed by atoms with Gasteiger partial charge in [0.1, 0.15) is 5.82 Å². The standard InChI is InChI=1S/C14H18N4/c1-9-6-11(14(15)18-7-9)13(16-3)12-8-17-5-4-10(12)2/h4-8,13,16H,1-3H3,(H2,15,18). The maximum Gasteiger partial charge on any atom is 0.128 e. The Bertz CT molecular complexity index is 551. The predicted molar refractivity (Wildman–Crippen MR) is 73.3 cm³/mol. The molecule has 0 radical (unpaired) electrons. The highest BCUT2D eigenvalue weighted by atomic mass is 14.9. The number of nitrogens with two attached hydrogens (primary N) is 1. The lowest BCUT2D eigenvalue weighted by molar-refractivity contribution is 0.683. The molecule has 0 aliphatic heterocycles. The molecule has 4 heteroatoms. The van der Waals surface area contributed by atoms with Gasteiger partial charge in [-0.05, 0) is 49.7 Å². The molecule has 0 aromatic carbocycles. The predicted octanol–water partition coefficient (Wildman–Crippen LogP) is 1.98. The van der Waals surface area contributed by atoms with Gasteiger partial charge in [0.15, 0.2) is 0 Å². The summed E-state index contributed by atoms with van der Waals surface area (Å²) in [6, 6.07) is 4.08. The Balaban J connectivity index is 2.52. The molecule has 0 bridgehead atoms. The molecule has 2 aromatic heterocycles. The van der Waals surface area contributed by atoms with Crippen molar-refractivity contribution in [3.8, 4) is 0 Å². The SMILES string of the molecule is CNC(c1cnccc1C)c1cc(C)cnc1N. The van der Waals surface area contributed by atoms with E-state index in [1.807, 2.05) is 26.2 Å². The molecule has 4 nitrogen and oxygen atoms in total. The van der Waals surface area contributed by atoms with Crippen LogP contribution in [0, 0.1) is 13.8 Å². The van der Waals surface area contributed by atoms with E-state index >= 15 is 0 Å². The van der Waals surface area contributed by atoms with Gasteiger partial charge in [0.2, 0.25) is 0 Å². The molecular weight excluding hydrogens is 224 g/mol. The van der Waals surface area contributed by atoms with E-state index in [0.717, 1.165) is 16.7 Å². The van der Waals surface area contributed by atoms with E-state index in [0.29, 0.717) is 5.82 Å². The van der Waals surface area contributed by atoms with Gasteiger partial charge in [-0.3, -0.25) is 4.98 Å². The zero-order chi connectivity index (χ0) is 13.1. The van der Waals surface area contributed by atoms with Crippen LogP contribution in [0.25, 0.3) is 0 Å². The molecule has 2 aromatic rings. The highest BCUT2D eigenvalue weighted by molar-refractivity contribution is 5.47. The van der Waals surface area contributed by atoms with Gasteiger partial charge in [0.05, 0.1) is 6.04 Å². The summed E-state index contributed by atoms with van der Waals surface area (Å²) < 4.78 is 0. The fourth-order valence-electron chi connectivity index (χ4n) is 2.09. The summed E-state index contributed by atoms with van der Waals surface area (Å²) in [6.45, 7) is 4.08. The van der Waals surface area contributed by atoms with Crippen molar-refractivity contribution < 1.29 is 0 Å². The molecule has 0 amide bonds. The zero-order valence-electron chi connectivity index (χ0n) is 10.9. The van der Waals surface area contributed by atoms with Gasteiger partial charge in [-0.1, -0.05) is 0 Å². The lowest BCUT2D eigenvalue weighted by Gasteiger charge is -2.20. The van der Waals surface area contributed by atoms with Crippen molar-refractivity contribution in [2.75, 3.05) is 12.8 Å². The summed E-state index contributed by atoms with van der Waals surface area (Å²) in [5.41, 5.74) is 10.4. The quantitative estimate of drug-likeness (QED) is 0.864. The Hall–Kier alpha value is -1.94. The Morgan fingerprint density at radius 2 is 2.00 bits per heavy atom. The first-order valence-corrected chi connectivity index (χ1v) is 5.93. The minimum atomic E-state index is 0.0195. The number of nitrogens with one attached hydrogen (secondary N) is 1. The number of pyridine rings is 2. The number of nitrogen functional groups attached to an aromatic ring is 1. The Morgan fingerprint density at radius 3 is 2.67 bits per heavy atom. The van der Waals surface area contributed by atoms with Gasteiger partial charge in [0, 0.05) is 24.2 Å². The first kappa shape index (κ1) is 12.5. The highest BCUT2D eigenvalue weighted by Gasteiger charge is 2.17. The fraction of sp³-hybridized carbons (Fsp3) is 0.286. The molecule has 0 saturated heterocycles. The topological polar surface area (TPSA) is 63.8 Å². The summed E-state index contributed by atoms with van der Waals surface area (Å²) in [7, 11) is 1.92. The lowest BCUT2D eigenvalue weighted by atomic mass is 9.96. The molecule has 0 saturated carbocycles. The highest BCUT2D eigenvalue weighted by Crippen LogP contribution is 2.27. The van der Waals surface area contributed by atoms with Crippen molar-refractivity contribution >= 4 is 5.82 Å². The van der Waals surface area contributed by atoms with E-state index in [9.17, 15) is 0 Å². The van der Waals surface area contributed by atoms with Gasteiger partial charge in [0.25, 0.3) is 0 Å². The van der Waals surface area contributed by atoms with E-state index in [4.69, 9.17) is 5.73 Å². The number of aryl methyl sites for hydroxylation is 2. The van der Waals surface area contributed by atoms with Gasteiger partial charge in [-0.2, -0.15) is 0 Å². The first-order chi connectivity index (χ1) is 8.63. The molecule has 0 fully saturated rings. The Morgan fingerprint density at radius 1 is 1.22 bits per heavy atom. The Kier molecular flexibility index (Phi) is 3.58. The smallest absolute Gasteiger partial charge is 0.128 e. The molecular formula is C14H18N4. The maximum absolute atomic E-state index is 5.98. The van der Waals surface area contributed by atoms with Crippen LogP contribution in [0.2, 0.25) is 0 Å². The molecule has 2 heterocycles. The second-order valence-corrected chi connectivity index (χ2v) is 4.44. The molecule has 1 atom stereocenters. The fourth-order valence-corrected chi connectivity index (χ4v) is 2.09. The van der Waals surface area contributed by atoms with Gasteiger partial charge in [-0.15, -0.1) is 0 Å². The van der Waals surface area contributed by atoms with Crippen molar-refractivity contribution in [3.05, 3.63) is 53.0 Å². The van der Waals surface area contributed by atoms with Crippen LogP contribution in [0.3, 0.4) is 0 Å². The minimum Gasteiger partial charge on any atom is -0.383 e. The number of nitrogens with zero attached hydrogens (tertiary/aromatic N) is 2. The van der Waals surface area contributed by atoms with E-state index in [1.165, 1.54) is 5.56 Å². The van der Waals surface area contributed by atoms with Crippen LogP contribution in [0.5, 0.6) is 0 Å². The Labute approximate surface area is 107 Å². The second kappa shape index (κ2) is 5.14. The third-order valence-electron chi connectivity index (χ3n) is 3.08. The lowest BCUT2D eigenvalue weighted by Crippen LogP contribution is -2.20. The molecule has 1 unspecified atom stereocenters. The van der Waals surface area contributed by atoms with Crippen molar-refractivity contribution in [2.24, 2.45) is 0 Å². The molecule has 0 aliphatic carbocycles. The minimum absolute atomic E-state index is 0.0195. The normalized spacial score (nSPS) is 12.4. The summed E-state index contributed by atoms with van der Waals surface area (Å²) >= 11 is 0. The summed E-state index contributed by atoms with van der Waals surface area (Å²) in [5, 5.41) is 3.28. The molecule has 0 aliphatic rings. The second-order valence-electron chi connectivity index (χ2n) is 4.44.